The quantitative estimate of drug-likeness (QED) is 0.752. The Balaban J connectivity index is 1.85. The lowest BCUT2D eigenvalue weighted by Gasteiger charge is -2.37. The van der Waals surface area contributed by atoms with E-state index in [-0.39, 0.29) is 0 Å². The molecule has 0 saturated heterocycles. The van der Waals surface area contributed by atoms with Gasteiger partial charge in [0, 0.05) is 6.04 Å². The van der Waals surface area contributed by atoms with Crippen LogP contribution in [0.25, 0.3) is 0 Å². The summed E-state index contributed by atoms with van der Waals surface area (Å²) in [4.78, 5) is 0. The van der Waals surface area contributed by atoms with Crippen LogP contribution in [-0.4, -0.2) is 19.2 Å². The molecule has 0 radical (unpaired) electrons. The average Bonchev–Trinajstić information content (AvgIpc) is 2.55. The molecule has 2 rings (SSSR count). The van der Waals surface area contributed by atoms with Crippen LogP contribution in [0.2, 0.25) is 0 Å². The molecule has 1 fully saturated rings. The molecule has 21 heavy (non-hydrogen) atoms. The highest BCUT2D eigenvalue weighted by atomic mass is 16.5. The molecular formula is C19H31NO. The summed E-state index contributed by atoms with van der Waals surface area (Å²) in [7, 11) is 0. The Bertz CT molecular complexity index is 378. The molecule has 1 aromatic rings. The molecule has 0 aliphatic heterocycles. The van der Waals surface area contributed by atoms with Gasteiger partial charge in [-0.3, -0.25) is 0 Å². The smallest absolute Gasteiger partial charge is 0.119 e. The second-order valence-corrected chi connectivity index (χ2v) is 6.23. The maximum atomic E-state index is 5.90. The van der Waals surface area contributed by atoms with Crippen molar-refractivity contribution in [3.8, 4) is 5.75 Å². The molecule has 1 aromatic carbocycles. The van der Waals surface area contributed by atoms with Gasteiger partial charge in [0.15, 0.2) is 0 Å². The summed E-state index contributed by atoms with van der Waals surface area (Å²) in [6.45, 7) is 6.44. The number of benzene rings is 1. The Morgan fingerprint density at radius 1 is 1.14 bits per heavy atom. The van der Waals surface area contributed by atoms with E-state index in [1.54, 1.807) is 0 Å². The van der Waals surface area contributed by atoms with Crippen LogP contribution in [0.1, 0.15) is 52.4 Å². The SMILES string of the molecule is CCNC(CCOc1ccccc1)C1CCCCC1CC. The van der Waals surface area contributed by atoms with E-state index >= 15 is 0 Å². The summed E-state index contributed by atoms with van der Waals surface area (Å²) in [5.74, 6) is 2.73. The summed E-state index contributed by atoms with van der Waals surface area (Å²) in [5.41, 5.74) is 0. The molecule has 3 atom stereocenters. The Morgan fingerprint density at radius 2 is 1.90 bits per heavy atom. The van der Waals surface area contributed by atoms with Gasteiger partial charge >= 0.3 is 0 Å². The van der Waals surface area contributed by atoms with E-state index in [9.17, 15) is 0 Å². The van der Waals surface area contributed by atoms with Gasteiger partial charge in [0.2, 0.25) is 0 Å². The van der Waals surface area contributed by atoms with Crippen molar-refractivity contribution >= 4 is 0 Å². The fourth-order valence-corrected chi connectivity index (χ4v) is 3.82. The topological polar surface area (TPSA) is 21.3 Å². The summed E-state index contributed by atoms with van der Waals surface area (Å²) in [6, 6.07) is 10.8. The first-order valence-electron chi connectivity index (χ1n) is 8.76. The molecule has 1 aliphatic carbocycles. The van der Waals surface area contributed by atoms with Crippen molar-refractivity contribution in [3.63, 3.8) is 0 Å². The molecule has 1 N–H and O–H groups in total. The van der Waals surface area contributed by atoms with Crippen molar-refractivity contribution in [1.29, 1.82) is 0 Å². The van der Waals surface area contributed by atoms with E-state index in [2.05, 4.69) is 19.2 Å². The van der Waals surface area contributed by atoms with Crippen LogP contribution in [0.4, 0.5) is 0 Å². The maximum absolute atomic E-state index is 5.90. The van der Waals surface area contributed by atoms with Gasteiger partial charge in [-0.1, -0.05) is 57.7 Å². The summed E-state index contributed by atoms with van der Waals surface area (Å²) in [5, 5.41) is 3.72. The number of para-hydroxylation sites is 1. The first kappa shape index (κ1) is 16.4. The lowest BCUT2D eigenvalue weighted by molar-refractivity contribution is 0.155. The largest absolute Gasteiger partial charge is 0.494 e. The number of hydrogen-bond donors (Lipinski definition) is 1. The monoisotopic (exact) mass is 289 g/mol. The minimum Gasteiger partial charge on any atom is -0.494 e. The van der Waals surface area contributed by atoms with Gasteiger partial charge in [-0.15, -0.1) is 0 Å². The third-order valence-corrected chi connectivity index (χ3v) is 4.92. The highest BCUT2D eigenvalue weighted by Crippen LogP contribution is 2.35. The number of hydrogen-bond acceptors (Lipinski definition) is 2. The van der Waals surface area contributed by atoms with Gasteiger partial charge in [-0.05, 0) is 43.4 Å². The first-order valence-corrected chi connectivity index (χ1v) is 8.76. The normalized spacial score (nSPS) is 23.7. The Kier molecular flexibility index (Phi) is 7.08. The molecule has 0 bridgehead atoms. The molecule has 0 amide bonds. The molecule has 1 aliphatic rings. The summed E-state index contributed by atoms with van der Waals surface area (Å²) >= 11 is 0. The zero-order chi connectivity index (χ0) is 14.9. The summed E-state index contributed by atoms with van der Waals surface area (Å²) in [6.07, 6.45) is 8.08. The fraction of sp³-hybridized carbons (Fsp3) is 0.684. The number of nitrogens with one attached hydrogen (secondary N) is 1. The zero-order valence-electron chi connectivity index (χ0n) is 13.7. The van der Waals surface area contributed by atoms with Gasteiger partial charge in [-0.2, -0.15) is 0 Å². The first-order chi connectivity index (χ1) is 10.3. The van der Waals surface area contributed by atoms with Crippen LogP contribution in [-0.2, 0) is 0 Å². The van der Waals surface area contributed by atoms with Gasteiger partial charge in [0.1, 0.15) is 5.75 Å². The minimum absolute atomic E-state index is 0.615. The van der Waals surface area contributed by atoms with Gasteiger partial charge < -0.3 is 10.1 Å². The highest BCUT2D eigenvalue weighted by molar-refractivity contribution is 5.20. The molecular weight excluding hydrogens is 258 g/mol. The molecule has 3 unspecified atom stereocenters. The van der Waals surface area contributed by atoms with Crippen molar-refractivity contribution in [2.45, 2.75) is 58.4 Å². The van der Waals surface area contributed by atoms with Crippen LogP contribution in [0.3, 0.4) is 0 Å². The van der Waals surface area contributed by atoms with Gasteiger partial charge in [0.05, 0.1) is 6.61 Å². The van der Waals surface area contributed by atoms with E-state index in [0.717, 1.165) is 37.2 Å². The third-order valence-electron chi connectivity index (χ3n) is 4.92. The molecule has 0 aromatic heterocycles. The van der Waals surface area contributed by atoms with Crippen molar-refractivity contribution < 1.29 is 4.74 Å². The van der Waals surface area contributed by atoms with Crippen molar-refractivity contribution in [2.75, 3.05) is 13.2 Å². The standard InChI is InChI=1S/C19H31NO/c1-3-16-10-8-9-13-18(16)19(20-4-2)14-15-21-17-11-6-5-7-12-17/h5-7,11-12,16,18-20H,3-4,8-10,13-15H2,1-2H3. The Hall–Kier alpha value is -1.02. The number of rotatable bonds is 8. The molecule has 2 nitrogen and oxygen atoms in total. The lowest BCUT2D eigenvalue weighted by Crippen LogP contribution is -2.42. The summed E-state index contributed by atoms with van der Waals surface area (Å²) < 4.78 is 5.90. The molecule has 1 saturated carbocycles. The van der Waals surface area contributed by atoms with Crippen LogP contribution in [0.15, 0.2) is 30.3 Å². The van der Waals surface area contributed by atoms with E-state index in [4.69, 9.17) is 4.74 Å². The third kappa shape index (κ3) is 5.03. The molecule has 118 valence electrons. The second-order valence-electron chi connectivity index (χ2n) is 6.23. The van der Waals surface area contributed by atoms with Crippen LogP contribution >= 0.6 is 0 Å². The lowest BCUT2D eigenvalue weighted by atomic mass is 9.73. The predicted octanol–water partition coefficient (Wildman–Crippen LogP) is 4.65. The predicted molar refractivity (Wildman–Crippen MR) is 89.8 cm³/mol. The van der Waals surface area contributed by atoms with Gasteiger partial charge in [-0.25, -0.2) is 0 Å². The van der Waals surface area contributed by atoms with Crippen LogP contribution < -0.4 is 10.1 Å². The molecule has 2 heteroatoms. The van der Waals surface area contributed by atoms with E-state index < -0.39 is 0 Å². The van der Waals surface area contributed by atoms with Crippen LogP contribution in [0.5, 0.6) is 5.75 Å². The van der Waals surface area contributed by atoms with E-state index in [0.29, 0.717) is 6.04 Å². The highest BCUT2D eigenvalue weighted by Gasteiger charge is 2.30. The van der Waals surface area contributed by atoms with Crippen molar-refractivity contribution in [1.82, 2.24) is 5.32 Å². The number of ether oxygens (including phenoxy) is 1. The Labute approximate surface area is 130 Å². The Morgan fingerprint density at radius 3 is 2.62 bits per heavy atom. The zero-order valence-corrected chi connectivity index (χ0v) is 13.7. The average molecular weight is 289 g/mol. The van der Waals surface area contributed by atoms with Crippen molar-refractivity contribution in [2.24, 2.45) is 11.8 Å². The fourth-order valence-electron chi connectivity index (χ4n) is 3.82. The van der Waals surface area contributed by atoms with E-state index in [1.807, 2.05) is 30.3 Å². The van der Waals surface area contributed by atoms with E-state index in [1.165, 1.54) is 32.1 Å². The maximum Gasteiger partial charge on any atom is 0.119 e. The van der Waals surface area contributed by atoms with Crippen molar-refractivity contribution in [3.05, 3.63) is 30.3 Å². The molecule has 0 heterocycles. The minimum atomic E-state index is 0.615. The van der Waals surface area contributed by atoms with Crippen LogP contribution in [0, 0.1) is 11.8 Å². The second kappa shape index (κ2) is 9.09. The molecule has 0 spiro atoms. The van der Waals surface area contributed by atoms with Gasteiger partial charge in [0.25, 0.3) is 0 Å².